The molecule has 0 N–H and O–H groups in total. The quantitative estimate of drug-likeness (QED) is 0.381. The summed E-state index contributed by atoms with van der Waals surface area (Å²) in [6.07, 6.45) is 13.5. The van der Waals surface area contributed by atoms with E-state index in [-0.39, 0.29) is 0 Å². The second-order valence-electron chi connectivity index (χ2n) is 9.30. The van der Waals surface area contributed by atoms with Crippen LogP contribution in [0, 0.1) is 5.92 Å². The Morgan fingerprint density at radius 2 is 1.72 bits per heavy atom. The first kappa shape index (κ1) is 21.0. The van der Waals surface area contributed by atoms with Gasteiger partial charge in [0, 0.05) is 41.9 Å². The molecule has 32 heavy (non-hydrogen) atoms. The summed E-state index contributed by atoms with van der Waals surface area (Å²) >= 11 is 0. The Kier molecular flexibility index (Phi) is 6.35. The summed E-state index contributed by atoms with van der Waals surface area (Å²) < 4.78 is 4.37. The van der Waals surface area contributed by atoms with E-state index in [9.17, 15) is 0 Å². The van der Waals surface area contributed by atoms with Crippen LogP contribution in [0.25, 0.3) is 16.6 Å². The van der Waals surface area contributed by atoms with Crippen LogP contribution in [0.5, 0.6) is 0 Å². The van der Waals surface area contributed by atoms with Crippen molar-refractivity contribution in [1.82, 2.24) is 24.2 Å². The first-order valence-electron chi connectivity index (χ1n) is 11.9. The van der Waals surface area contributed by atoms with Gasteiger partial charge in [-0.15, -0.1) is 10.2 Å². The van der Waals surface area contributed by atoms with Gasteiger partial charge >= 0.3 is 0 Å². The van der Waals surface area contributed by atoms with E-state index < -0.39 is 0 Å². The van der Waals surface area contributed by atoms with Gasteiger partial charge in [0.2, 0.25) is 0 Å². The number of nitrogens with zero attached hydrogens (tertiary/aromatic N) is 5. The second kappa shape index (κ2) is 9.70. The van der Waals surface area contributed by atoms with Crippen LogP contribution in [0.2, 0.25) is 0 Å². The summed E-state index contributed by atoms with van der Waals surface area (Å²) in [4.78, 5) is 2.59. The Hall–Kier alpha value is -2.92. The van der Waals surface area contributed by atoms with Gasteiger partial charge in [0.25, 0.3) is 0 Å². The Balaban J connectivity index is 1.10. The Bertz CT molecular complexity index is 1110. The van der Waals surface area contributed by atoms with Gasteiger partial charge in [-0.05, 0) is 81.3 Å². The first-order valence-corrected chi connectivity index (χ1v) is 11.9. The summed E-state index contributed by atoms with van der Waals surface area (Å²) in [5, 5.41) is 9.10. The molecule has 1 saturated carbocycles. The molecule has 0 amide bonds. The van der Waals surface area contributed by atoms with Crippen molar-refractivity contribution in [1.29, 1.82) is 0 Å². The van der Waals surface area contributed by atoms with Crippen molar-refractivity contribution in [3.05, 3.63) is 79.0 Å². The standard InChI is InChI=1S/C27H33N5/c1-30(16-13-22-5-3-2-4-6-22)25-9-7-23(8-10-25)14-17-31-18-15-24-19-26(11-12-27(24)31)32-20-28-29-21-32/h2-6,11-12,15,18-21,23,25H,7-10,13-14,16-17H2,1H3. The van der Waals surface area contributed by atoms with Crippen LogP contribution < -0.4 is 0 Å². The molecule has 0 bridgehead atoms. The lowest BCUT2D eigenvalue weighted by atomic mass is 9.83. The molecule has 1 aliphatic rings. The molecular formula is C27H33N5. The van der Waals surface area contributed by atoms with Crippen molar-refractivity contribution in [2.24, 2.45) is 5.92 Å². The number of aromatic nitrogens is 4. The van der Waals surface area contributed by atoms with Crippen molar-refractivity contribution >= 4 is 10.9 Å². The highest BCUT2D eigenvalue weighted by molar-refractivity contribution is 5.82. The van der Waals surface area contributed by atoms with Gasteiger partial charge in [-0.1, -0.05) is 30.3 Å². The molecule has 5 heteroatoms. The summed E-state index contributed by atoms with van der Waals surface area (Å²) in [7, 11) is 2.31. The molecule has 0 radical (unpaired) electrons. The van der Waals surface area contributed by atoms with Gasteiger partial charge in [0.1, 0.15) is 12.7 Å². The molecule has 0 spiro atoms. The number of rotatable bonds is 8. The van der Waals surface area contributed by atoms with Crippen molar-refractivity contribution in [3.63, 3.8) is 0 Å². The van der Waals surface area contributed by atoms with Gasteiger partial charge in [-0.2, -0.15) is 0 Å². The third-order valence-corrected chi connectivity index (χ3v) is 7.29. The highest BCUT2D eigenvalue weighted by atomic mass is 15.2. The van der Waals surface area contributed by atoms with Gasteiger partial charge in [-0.3, -0.25) is 4.57 Å². The van der Waals surface area contributed by atoms with E-state index in [1.807, 2.05) is 4.57 Å². The average Bonchev–Trinajstić information content (AvgIpc) is 3.52. The molecule has 5 nitrogen and oxygen atoms in total. The fraction of sp³-hybridized carbons (Fsp3) is 0.407. The van der Waals surface area contributed by atoms with Crippen LogP contribution in [0.1, 0.15) is 37.7 Å². The molecular weight excluding hydrogens is 394 g/mol. The fourth-order valence-electron chi connectivity index (χ4n) is 5.21. The Morgan fingerprint density at radius 3 is 2.50 bits per heavy atom. The monoisotopic (exact) mass is 427 g/mol. The van der Waals surface area contributed by atoms with Crippen molar-refractivity contribution < 1.29 is 0 Å². The predicted octanol–water partition coefficient (Wildman–Crippen LogP) is 5.35. The lowest BCUT2D eigenvalue weighted by Gasteiger charge is -2.35. The summed E-state index contributed by atoms with van der Waals surface area (Å²) in [5.41, 5.74) is 3.87. The van der Waals surface area contributed by atoms with Crippen LogP contribution in [-0.4, -0.2) is 43.9 Å². The molecule has 4 aromatic rings. The zero-order valence-electron chi connectivity index (χ0n) is 19.0. The highest BCUT2D eigenvalue weighted by Gasteiger charge is 2.23. The number of aryl methyl sites for hydroxylation is 1. The maximum atomic E-state index is 3.91. The minimum atomic E-state index is 0.749. The molecule has 2 aromatic carbocycles. The molecule has 0 atom stereocenters. The average molecular weight is 428 g/mol. The third-order valence-electron chi connectivity index (χ3n) is 7.29. The fourth-order valence-corrected chi connectivity index (χ4v) is 5.21. The zero-order valence-corrected chi connectivity index (χ0v) is 19.0. The van der Waals surface area contributed by atoms with Crippen LogP contribution >= 0.6 is 0 Å². The van der Waals surface area contributed by atoms with E-state index >= 15 is 0 Å². The Labute approximate surface area is 190 Å². The van der Waals surface area contributed by atoms with E-state index in [0.717, 1.165) is 37.2 Å². The lowest BCUT2D eigenvalue weighted by Crippen LogP contribution is -2.36. The molecule has 5 rings (SSSR count). The molecule has 166 valence electrons. The van der Waals surface area contributed by atoms with Crippen molar-refractivity contribution in [2.75, 3.05) is 13.6 Å². The van der Waals surface area contributed by atoms with Gasteiger partial charge in [-0.25, -0.2) is 0 Å². The van der Waals surface area contributed by atoms with E-state index in [2.05, 4.69) is 87.5 Å². The first-order chi connectivity index (χ1) is 15.8. The minimum absolute atomic E-state index is 0.749. The smallest absolute Gasteiger partial charge is 0.123 e. The van der Waals surface area contributed by atoms with Gasteiger partial charge in [0.05, 0.1) is 0 Å². The van der Waals surface area contributed by atoms with Gasteiger partial charge < -0.3 is 9.47 Å². The largest absolute Gasteiger partial charge is 0.347 e. The SMILES string of the molecule is CN(CCc1ccccc1)C1CCC(CCn2ccc3cc(-n4cnnc4)ccc32)CC1. The van der Waals surface area contributed by atoms with Crippen LogP contribution in [-0.2, 0) is 13.0 Å². The number of benzene rings is 2. The maximum Gasteiger partial charge on any atom is 0.123 e. The summed E-state index contributed by atoms with van der Waals surface area (Å²) in [5.74, 6) is 0.850. The van der Waals surface area contributed by atoms with E-state index in [4.69, 9.17) is 0 Å². The molecule has 1 aliphatic carbocycles. The van der Waals surface area contributed by atoms with Crippen molar-refractivity contribution in [2.45, 2.75) is 51.1 Å². The molecule has 0 saturated heterocycles. The predicted molar refractivity (Wildman–Crippen MR) is 130 cm³/mol. The number of hydrogen-bond donors (Lipinski definition) is 0. The van der Waals surface area contributed by atoms with Crippen molar-refractivity contribution in [3.8, 4) is 5.69 Å². The lowest BCUT2D eigenvalue weighted by molar-refractivity contribution is 0.161. The molecule has 0 aliphatic heterocycles. The Morgan fingerprint density at radius 1 is 0.938 bits per heavy atom. The topological polar surface area (TPSA) is 38.9 Å². The normalized spacial score (nSPS) is 19.1. The van der Waals surface area contributed by atoms with E-state index in [1.165, 1.54) is 48.6 Å². The molecule has 0 unspecified atom stereocenters. The zero-order chi connectivity index (χ0) is 21.8. The molecule has 1 fully saturated rings. The molecule has 2 aromatic heterocycles. The number of hydrogen-bond acceptors (Lipinski definition) is 3. The summed E-state index contributed by atoms with van der Waals surface area (Å²) in [6, 6.07) is 20.4. The van der Waals surface area contributed by atoms with E-state index in [1.54, 1.807) is 12.7 Å². The minimum Gasteiger partial charge on any atom is -0.347 e. The summed E-state index contributed by atoms with van der Waals surface area (Å²) in [6.45, 7) is 2.26. The van der Waals surface area contributed by atoms with Crippen LogP contribution in [0.3, 0.4) is 0 Å². The van der Waals surface area contributed by atoms with Crippen LogP contribution in [0.15, 0.2) is 73.4 Å². The van der Waals surface area contributed by atoms with E-state index in [0.29, 0.717) is 0 Å². The maximum absolute atomic E-state index is 3.91. The van der Waals surface area contributed by atoms with Crippen LogP contribution in [0.4, 0.5) is 0 Å². The number of fused-ring (bicyclic) bond motifs is 1. The second-order valence-corrected chi connectivity index (χ2v) is 9.30. The highest BCUT2D eigenvalue weighted by Crippen LogP contribution is 2.30. The van der Waals surface area contributed by atoms with Gasteiger partial charge in [0.15, 0.2) is 0 Å². The number of likely N-dealkylation sites (N-methyl/N-ethyl adjacent to an activating group) is 1. The molecule has 2 heterocycles. The third kappa shape index (κ3) is 4.78.